The van der Waals surface area contributed by atoms with Gasteiger partial charge in [0.1, 0.15) is 0 Å². The molecule has 1 unspecified atom stereocenters. The Kier molecular flexibility index (Phi) is 4.86. The van der Waals surface area contributed by atoms with Crippen LogP contribution in [-0.2, 0) is 6.42 Å². The van der Waals surface area contributed by atoms with Crippen molar-refractivity contribution in [2.75, 3.05) is 26.2 Å². The van der Waals surface area contributed by atoms with Gasteiger partial charge in [-0.15, -0.1) is 0 Å². The topological polar surface area (TPSA) is 28.2 Å². The predicted octanol–water partition coefficient (Wildman–Crippen LogP) is 2.89. The molecule has 1 aromatic carbocycles. The summed E-state index contributed by atoms with van der Waals surface area (Å²) in [6.07, 6.45) is 2.87. The molecule has 3 heteroatoms. The fraction of sp³-hybridized carbons (Fsp3) is 0.421. The van der Waals surface area contributed by atoms with Crippen LogP contribution in [0.2, 0.25) is 0 Å². The molecule has 2 heterocycles. The number of hydrogen-bond donors (Lipinski definition) is 1. The molecule has 2 aromatic rings. The minimum Gasteiger partial charge on any atom is -0.314 e. The maximum Gasteiger partial charge on any atom is 0.0422 e. The average Bonchev–Trinajstić information content (AvgIpc) is 2.57. The smallest absolute Gasteiger partial charge is 0.0422 e. The highest BCUT2D eigenvalue weighted by atomic mass is 15.2. The number of nitrogens with one attached hydrogen (secondary N) is 1. The predicted molar refractivity (Wildman–Crippen MR) is 91.0 cm³/mol. The first-order valence-corrected chi connectivity index (χ1v) is 8.16. The van der Waals surface area contributed by atoms with Crippen molar-refractivity contribution in [1.29, 1.82) is 0 Å². The van der Waals surface area contributed by atoms with Gasteiger partial charge >= 0.3 is 0 Å². The third-order valence-corrected chi connectivity index (χ3v) is 4.51. The summed E-state index contributed by atoms with van der Waals surface area (Å²) < 4.78 is 0. The second-order valence-electron chi connectivity index (χ2n) is 6.19. The van der Waals surface area contributed by atoms with Gasteiger partial charge in [-0.1, -0.05) is 29.8 Å². The fourth-order valence-corrected chi connectivity index (χ4v) is 3.27. The molecule has 1 aliphatic heterocycles. The van der Waals surface area contributed by atoms with Crippen LogP contribution in [0.25, 0.3) is 0 Å². The van der Waals surface area contributed by atoms with Crippen molar-refractivity contribution in [3.8, 4) is 0 Å². The molecule has 0 amide bonds. The van der Waals surface area contributed by atoms with Gasteiger partial charge in [0, 0.05) is 50.5 Å². The Morgan fingerprint density at radius 3 is 2.68 bits per heavy atom. The molecule has 0 saturated carbocycles. The number of hydrogen-bond acceptors (Lipinski definition) is 3. The van der Waals surface area contributed by atoms with Gasteiger partial charge in [-0.25, -0.2) is 0 Å². The van der Waals surface area contributed by atoms with Crippen molar-refractivity contribution in [2.45, 2.75) is 26.3 Å². The summed E-state index contributed by atoms with van der Waals surface area (Å²) in [6.45, 7) is 8.75. The number of rotatable bonds is 4. The highest BCUT2D eigenvalue weighted by Crippen LogP contribution is 2.28. The molecular weight excluding hydrogens is 270 g/mol. The molecule has 1 saturated heterocycles. The second-order valence-corrected chi connectivity index (χ2v) is 6.19. The Morgan fingerprint density at radius 2 is 1.95 bits per heavy atom. The molecule has 1 fully saturated rings. The fourth-order valence-electron chi connectivity index (χ4n) is 3.27. The minimum atomic E-state index is 0.414. The van der Waals surface area contributed by atoms with Crippen LogP contribution in [0, 0.1) is 13.8 Å². The van der Waals surface area contributed by atoms with Crippen molar-refractivity contribution in [3.63, 3.8) is 0 Å². The molecule has 1 atom stereocenters. The van der Waals surface area contributed by atoms with Crippen LogP contribution in [0.4, 0.5) is 0 Å². The zero-order chi connectivity index (χ0) is 15.4. The molecule has 3 rings (SSSR count). The molecule has 1 aliphatic rings. The summed E-state index contributed by atoms with van der Waals surface area (Å²) in [4.78, 5) is 7.15. The minimum absolute atomic E-state index is 0.414. The van der Waals surface area contributed by atoms with E-state index in [1.54, 1.807) is 0 Å². The molecule has 116 valence electrons. The Morgan fingerprint density at radius 1 is 1.14 bits per heavy atom. The maximum atomic E-state index is 4.55. The third-order valence-electron chi connectivity index (χ3n) is 4.51. The quantitative estimate of drug-likeness (QED) is 0.940. The molecule has 3 nitrogen and oxygen atoms in total. The number of nitrogens with zero attached hydrogens (tertiary/aromatic N) is 2. The molecule has 0 bridgehead atoms. The zero-order valence-corrected chi connectivity index (χ0v) is 13.5. The van der Waals surface area contributed by atoms with E-state index in [-0.39, 0.29) is 0 Å². The number of aromatic nitrogens is 1. The number of pyridine rings is 1. The molecule has 1 aromatic heterocycles. The number of aryl methyl sites for hydroxylation is 2. The van der Waals surface area contributed by atoms with Gasteiger partial charge in [-0.2, -0.15) is 0 Å². The maximum absolute atomic E-state index is 4.55. The summed E-state index contributed by atoms with van der Waals surface area (Å²) in [5.74, 6) is 0. The highest BCUT2D eigenvalue weighted by Gasteiger charge is 2.24. The molecular formula is C19H25N3. The zero-order valence-electron chi connectivity index (χ0n) is 13.5. The summed E-state index contributed by atoms with van der Waals surface area (Å²) in [7, 11) is 0. The van der Waals surface area contributed by atoms with Crippen LogP contribution in [0.15, 0.2) is 42.6 Å². The van der Waals surface area contributed by atoms with Crippen LogP contribution in [0.3, 0.4) is 0 Å². The Bertz CT molecular complexity index is 603. The highest BCUT2D eigenvalue weighted by molar-refractivity contribution is 5.34. The first-order chi connectivity index (χ1) is 10.7. The normalized spacial score (nSPS) is 17.4. The van der Waals surface area contributed by atoms with Crippen LogP contribution in [0.1, 0.15) is 28.4 Å². The first kappa shape index (κ1) is 15.2. The molecule has 0 radical (unpaired) electrons. The monoisotopic (exact) mass is 295 g/mol. The molecule has 0 spiro atoms. The summed E-state index contributed by atoms with van der Waals surface area (Å²) >= 11 is 0. The Balaban J connectivity index is 1.92. The lowest BCUT2D eigenvalue weighted by molar-refractivity contribution is 0.171. The van der Waals surface area contributed by atoms with Crippen molar-refractivity contribution in [3.05, 3.63) is 65.0 Å². The lowest BCUT2D eigenvalue weighted by atomic mass is 9.93. The van der Waals surface area contributed by atoms with Crippen molar-refractivity contribution < 1.29 is 0 Å². The van der Waals surface area contributed by atoms with Crippen LogP contribution in [0.5, 0.6) is 0 Å². The molecule has 1 N–H and O–H groups in total. The van der Waals surface area contributed by atoms with E-state index in [4.69, 9.17) is 0 Å². The Hall–Kier alpha value is -1.71. The van der Waals surface area contributed by atoms with Gasteiger partial charge < -0.3 is 5.32 Å². The lowest BCUT2D eigenvalue weighted by Gasteiger charge is -2.36. The third kappa shape index (κ3) is 3.54. The van der Waals surface area contributed by atoms with E-state index in [2.05, 4.69) is 59.4 Å². The van der Waals surface area contributed by atoms with Gasteiger partial charge in [-0.3, -0.25) is 9.88 Å². The van der Waals surface area contributed by atoms with E-state index in [9.17, 15) is 0 Å². The molecule has 22 heavy (non-hydrogen) atoms. The van der Waals surface area contributed by atoms with Crippen LogP contribution >= 0.6 is 0 Å². The largest absolute Gasteiger partial charge is 0.314 e. The van der Waals surface area contributed by atoms with Crippen molar-refractivity contribution >= 4 is 0 Å². The summed E-state index contributed by atoms with van der Waals surface area (Å²) in [5.41, 5.74) is 5.34. The van der Waals surface area contributed by atoms with Gasteiger partial charge in [-0.05, 0) is 37.1 Å². The van der Waals surface area contributed by atoms with Crippen molar-refractivity contribution in [2.24, 2.45) is 0 Å². The standard InChI is InChI=1S/C19H25N3/c1-15-6-7-16(2)18(13-15)19(22-11-9-20-10-12-22)14-17-5-3-4-8-21-17/h3-8,13,19-20H,9-12,14H2,1-2H3. The van der Waals surface area contributed by atoms with E-state index in [1.165, 1.54) is 22.4 Å². The number of benzene rings is 1. The Labute approximate surface area is 133 Å². The van der Waals surface area contributed by atoms with E-state index < -0.39 is 0 Å². The summed E-state index contributed by atoms with van der Waals surface area (Å²) in [5, 5.41) is 3.45. The van der Waals surface area contributed by atoms with Gasteiger partial charge in [0.2, 0.25) is 0 Å². The van der Waals surface area contributed by atoms with Crippen molar-refractivity contribution in [1.82, 2.24) is 15.2 Å². The summed E-state index contributed by atoms with van der Waals surface area (Å²) in [6, 6.07) is 13.4. The molecule has 0 aliphatic carbocycles. The van der Waals surface area contributed by atoms with E-state index in [1.807, 2.05) is 12.3 Å². The van der Waals surface area contributed by atoms with E-state index >= 15 is 0 Å². The second kappa shape index (κ2) is 7.03. The van der Waals surface area contributed by atoms with Gasteiger partial charge in [0.05, 0.1) is 0 Å². The lowest BCUT2D eigenvalue weighted by Crippen LogP contribution is -2.45. The van der Waals surface area contributed by atoms with Gasteiger partial charge in [0.15, 0.2) is 0 Å². The van der Waals surface area contributed by atoms with Crippen LogP contribution < -0.4 is 5.32 Å². The van der Waals surface area contributed by atoms with E-state index in [0.29, 0.717) is 6.04 Å². The number of piperazine rings is 1. The van der Waals surface area contributed by atoms with E-state index in [0.717, 1.165) is 32.6 Å². The average molecular weight is 295 g/mol. The van der Waals surface area contributed by atoms with Crippen LogP contribution in [-0.4, -0.2) is 36.1 Å². The first-order valence-electron chi connectivity index (χ1n) is 8.16. The SMILES string of the molecule is Cc1ccc(C)c(C(Cc2ccccn2)N2CCNCC2)c1. The van der Waals surface area contributed by atoms with Gasteiger partial charge in [0.25, 0.3) is 0 Å².